The number of halogens is 1. The third-order valence-electron chi connectivity index (χ3n) is 4.13. The Morgan fingerprint density at radius 2 is 1.70 bits per heavy atom. The summed E-state index contributed by atoms with van der Waals surface area (Å²) in [6.07, 6.45) is 0. The normalized spacial score (nSPS) is 11.5. The molecule has 27 heavy (non-hydrogen) atoms. The van der Waals surface area contributed by atoms with Crippen LogP contribution < -0.4 is 9.62 Å². The first-order valence-electron chi connectivity index (χ1n) is 8.41. The number of sulfonamides is 1. The Morgan fingerprint density at radius 3 is 2.30 bits per heavy atom. The van der Waals surface area contributed by atoms with Crippen LogP contribution in [0.3, 0.4) is 0 Å². The van der Waals surface area contributed by atoms with E-state index in [0.717, 1.165) is 12.1 Å². The number of rotatable bonds is 7. The second kappa shape index (κ2) is 8.73. The van der Waals surface area contributed by atoms with E-state index in [9.17, 15) is 13.2 Å². The molecule has 0 saturated heterocycles. The lowest BCUT2D eigenvalue weighted by Gasteiger charge is -2.22. The third-order valence-corrected chi connectivity index (χ3v) is 6.16. The van der Waals surface area contributed by atoms with Crippen LogP contribution in [0.2, 0.25) is 5.02 Å². The number of nitrogens with one attached hydrogen (secondary N) is 1. The van der Waals surface area contributed by atoms with Crippen molar-refractivity contribution in [2.75, 3.05) is 38.5 Å². The molecule has 8 heteroatoms. The molecule has 0 saturated carbocycles. The quantitative estimate of drug-likeness (QED) is 0.763. The summed E-state index contributed by atoms with van der Waals surface area (Å²) in [6, 6.07) is 11.0. The Hall–Kier alpha value is -2.09. The monoisotopic (exact) mass is 409 g/mol. The van der Waals surface area contributed by atoms with Gasteiger partial charge in [-0.1, -0.05) is 17.7 Å². The van der Waals surface area contributed by atoms with E-state index < -0.39 is 10.0 Å². The zero-order chi connectivity index (χ0) is 20.2. The van der Waals surface area contributed by atoms with Gasteiger partial charge in [-0.25, -0.2) is 8.42 Å². The minimum atomic E-state index is -3.77. The number of hydrogen-bond donors (Lipinski definition) is 1. The summed E-state index contributed by atoms with van der Waals surface area (Å²) >= 11 is 5.84. The average molecular weight is 410 g/mol. The highest BCUT2D eigenvalue weighted by molar-refractivity contribution is 7.92. The van der Waals surface area contributed by atoms with Gasteiger partial charge in [0.25, 0.3) is 15.9 Å². The van der Waals surface area contributed by atoms with E-state index >= 15 is 0 Å². The molecule has 0 atom stereocenters. The van der Waals surface area contributed by atoms with Crippen LogP contribution in [0.1, 0.15) is 15.9 Å². The molecule has 0 aliphatic carbocycles. The highest BCUT2D eigenvalue weighted by Gasteiger charge is 2.23. The molecule has 0 aliphatic heterocycles. The lowest BCUT2D eigenvalue weighted by molar-refractivity contribution is 0.0951. The van der Waals surface area contributed by atoms with Crippen LogP contribution in [-0.2, 0) is 10.0 Å². The standard InChI is InChI=1S/C19H24ClN3O3S/c1-14-5-6-15(19(24)21-11-12-22(2)3)13-18(14)23(4)27(25,26)17-9-7-16(20)8-10-17/h5-10,13H,11-12H2,1-4H3,(H,21,24). The maximum Gasteiger partial charge on any atom is 0.264 e. The fraction of sp³-hybridized carbons (Fsp3) is 0.316. The van der Waals surface area contributed by atoms with Crippen LogP contribution in [0.15, 0.2) is 47.4 Å². The predicted molar refractivity (Wildman–Crippen MR) is 109 cm³/mol. The number of carbonyl (C=O) groups excluding carboxylic acids is 1. The molecule has 1 amide bonds. The van der Waals surface area contributed by atoms with E-state index in [2.05, 4.69) is 5.32 Å². The zero-order valence-electron chi connectivity index (χ0n) is 15.9. The number of benzene rings is 2. The van der Waals surface area contributed by atoms with Crippen LogP contribution in [0.4, 0.5) is 5.69 Å². The number of amides is 1. The molecular formula is C19H24ClN3O3S. The second-order valence-corrected chi connectivity index (χ2v) is 8.89. The van der Waals surface area contributed by atoms with Gasteiger partial charge in [0.1, 0.15) is 0 Å². The molecule has 0 aliphatic rings. The molecule has 1 N–H and O–H groups in total. The first-order chi connectivity index (χ1) is 12.6. The fourth-order valence-corrected chi connectivity index (χ4v) is 3.86. The van der Waals surface area contributed by atoms with Gasteiger partial charge < -0.3 is 10.2 Å². The topological polar surface area (TPSA) is 69.7 Å². The Labute approximate surface area is 165 Å². The van der Waals surface area contributed by atoms with Gasteiger partial charge in [-0.15, -0.1) is 0 Å². The Kier molecular flexibility index (Phi) is 6.86. The van der Waals surface area contributed by atoms with Crippen molar-refractivity contribution in [1.29, 1.82) is 0 Å². The molecule has 0 unspecified atom stereocenters. The Morgan fingerprint density at radius 1 is 1.07 bits per heavy atom. The Bertz CT molecular complexity index is 912. The van der Waals surface area contributed by atoms with E-state index in [1.165, 1.54) is 35.6 Å². The van der Waals surface area contributed by atoms with E-state index in [4.69, 9.17) is 11.6 Å². The minimum absolute atomic E-state index is 0.134. The second-order valence-electron chi connectivity index (χ2n) is 6.49. The number of hydrogen-bond acceptors (Lipinski definition) is 4. The lowest BCUT2D eigenvalue weighted by Crippen LogP contribution is -2.32. The summed E-state index contributed by atoms with van der Waals surface area (Å²) in [4.78, 5) is 14.5. The van der Waals surface area contributed by atoms with Gasteiger partial charge in [0.15, 0.2) is 0 Å². The number of aryl methyl sites for hydroxylation is 1. The van der Waals surface area contributed by atoms with Crippen molar-refractivity contribution in [3.8, 4) is 0 Å². The van der Waals surface area contributed by atoms with E-state index in [-0.39, 0.29) is 10.8 Å². The summed E-state index contributed by atoms with van der Waals surface area (Å²) < 4.78 is 27.0. The van der Waals surface area contributed by atoms with Gasteiger partial charge in [0, 0.05) is 30.7 Å². The highest BCUT2D eigenvalue weighted by Crippen LogP contribution is 2.27. The van der Waals surface area contributed by atoms with E-state index in [1.807, 2.05) is 19.0 Å². The van der Waals surface area contributed by atoms with Crippen molar-refractivity contribution in [2.45, 2.75) is 11.8 Å². The van der Waals surface area contributed by atoms with Crippen LogP contribution in [0, 0.1) is 6.92 Å². The van der Waals surface area contributed by atoms with Gasteiger partial charge >= 0.3 is 0 Å². The average Bonchev–Trinajstić information content (AvgIpc) is 2.61. The summed E-state index contributed by atoms with van der Waals surface area (Å²) in [6.45, 7) is 3.03. The molecule has 0 aromatic heterocycles. The van der Waals surface area contributed by atoms with Gasteiger partial charge in [0.2, 0.25) is 0 Å². The Balaban J connectivity index is 2.29. The molecule has 0 fully saturated rings. The summed E-state index contributed by atoms with van der Waals surface area (Å²) in [5.74, 6) is -0.240. The lowest BCUT2D eigenvalue weighted by atomic mass is 10.1. The molecule has 146 valence electrons. The van der Waals surface area contributed by atoms with Crippen molar-refractivity contribution in [3.63, 3.8) is 0 Å². The molecule has 0 bridgehead atoms. The molecule has 0 radical (unpaired) electrons. The van der Waals surface area contributed by atoms with Crippen LogP contribution in [0.5, 0.6) is 0 Å². The van der Waals surface area contributed by atoms with Gasteiger partial charge in [0.05, 0.1) is 10.6 Å². The van der Waals surface area contributed by atoms with Gasteiger partial charge in [-0.05, 0) is 63.0 Å². The fourth-order valence-electron chi connectivity index (χ4n) is 2.48. The SMILES string of the molecule is Cc1ccc(C(=O)NCCN(C)C)cc1N(C)S(=O)(=O)c1ccc(Cl)cc1. The molecular weight excluding hydrogens is 386 g/mol. The van der Waals surface area contributed by atoms with Crippen molar-refractivity contribution in [1.82, 2.24) is 10.2 Å². The van der Waals surface area contributed by atoms with E-state index in [1.54, 1.807) is 25.1 Å². The molecule has 2 aromatic carbocycles. The maximum absolute atomic E-state index is 12.9. The molecule has 0 heterocycles. The summed E-state index contributed by atoms with van der Waals surface area (Å²) in [5.41, 5.74) is 1.61. The van der Waals surface area contributed by atoms with Crippen molar-refractivity contribution < 1.29 is 13.2 Å². The zero-order valence-corrected chi connectivity index (χ0v) is 17.4. The largest absolute Gasteiger partial charge is 0.351 e. The summed E-state index contributed by atoms with van der Waals surface area (Å²) in [5, 5.41) is 3.29. The maximum atomic E-state index is 12.9. The van der Waals surface area contributed by atoms with Crippen molar-refractivity contribution >= 4 is 33.2 Å². The van der Waals surface area contributed by atoms with Crippen LogP contribution in [0.25, 0.3) is 0 Å². The smallest absolute Gasteiger partial charge is 0.264 e. The van der Waals surface area contributed by atoms with Crippen molar-refractivity contribution in [2.24, 2.45) is 0 Å². The third kappa shape index (κ3) is 5.22. The highest BCUT2D eigenvalue weighted by atomic mass is 35.5. The number of likely N-dealkylation sites (N-methyl/N-ethyl adjacent to an activating group) is 1. The first kappa shape index (κ1) is 21.2. The van der Waals surface area contributed by atoms with E-state index in [0.29, 0.717) is 22.8 Å². The van der Waals surface area contributed by atoms with Crippen LogP contribution >= 0.6 is 11.6 Å². The number of anilines is 1. The number of nitrogens with zero attached hydrogens (tertiary/aromatic N) is 2. The molecule has 2 aromatic rings. The summed E-state index contributed by atoms with van der Waals surface area (Å²) in [7, 11) is 1.55. The molecule has 6 nitrogen and oxygen atoms in total. The molecule has 2 rings (SSSR count). The number of carbonyl (C=O) groups is 1. The predicted octanol–water partition coefficient (Wildman–Crippen LogP) is 2.76. The van der Waals surface area contributed by atoms with Crippen LogP contribution in [-0.4, -0.2) is 53.5 Å². The van der Waals surface area contributed by atoms with Crippen molar-refractivity contribution in [3.05, 3.63) is 58.6 Å². The van der Waals surface area contributed by atoms with Gasteiger partial charge in [-0.2, -0.15) is 0 Å². The minimum Gasteiger partial charge on any atom is -0.351 e. The van der Waals surface area contributed by atoms with Gasteiger partial charge in [-0.3, -0.25) is 9.10 Å². The first-order valence-corrected chi connectivity index (χ1v) is 10.2. The molecule has 0 spiro atoms.